The Morgan fingerprint density at radius 2 is 1.33 bits per heavy atom. The highest BCUT2D eigenvalue weighted by atomic mass is 31.2. The molecular formula is C23H35O5PSi. The molecular weight excluding hydrogens is 415 g/mol. The van der Waals surface area contributed by atoms with Crippen molar-refractivity contribution in [1.29, 1.82) is 0 Å². The van der Waals surface area contributed by atoms with Crippen molar-refractivity contribution in [2.45, 2.75) is 57.8 Å². The monoisotopic (exact) mass is 450 g/mol. The van der Waals surface area contributed by atoms with E-state index in [0.717, 1.165) is 11.1 Å². The van der Waals surface area contributed by atoms with E-state index in [4.69, 9.17) is 8.95 Å². The second-order valence-corrected chi connectivity index (χ2v) is 15.3. The Kier molecular flexibility index (Phi) is 8.63. The van der Waals surface area contributed by atoms with Gasteiger partial charge in [0.1, 0.15) is 0 Å². The Morgan fingerprint density at radius 1 is 0.900 bits per heavy atom. The maximum atomic E-state index is 11.8. The maximum absolute atomic E-state index is 11.8. The lowest BCUT2D eigenvalue weighted by atomic mass is 9.88. The van der Waals surface area contributed by atoms with E-state index in [1.54, 1.807) is 0 Å². The van der Waals surface area contributed by atoms with Gasteiger partial charge in [0, 0.05) is 0 Å². The van der Waals surface area contributed by atoms with Crippen LogP contribution in [0.4, 0.5) is 0 Å². The van der Waals surface area contributed by atoms with Gasteiger partial charge in [0.25, 0.3) is 0 Å². The van der Waals surface area contributed by atoms with Gasteiger partial charge in [-0.1, -0.05) is 81.4 Å². The van der Waals surface area contributed by atoms with Crippen molar-refractivity contribution in [2.24, 2.45) is 5.92 Å². The van der Waals surface area contributed by atoms with Crippen molar-refractivity contribution in [2.75, 3.05) is 6.61 Å². The van der Waals surface area contributed by atoms with Gasteiger partial charge in [-0.05, 0) is 48.0 Å². The highest BCUT2D eigenvalue weighted by Gasteiger charge is 2.39. The zero-order valence-corrected chi connectivity index (χ0v) is 20.5. The third kappa shape index (κ3) is 8.10. The third-order valence-corrected chi connectivity index (χ3v) is 10.9. The average Bonchev–Trinajstić information content (AvgIpc) is 2.64. The molecule has 0 bridgehead atoms. The quantitative estimate of drug-likeness (QED) is 0.365. The molecule has 0 heterocycles. The maximum Gasteiger partial charge on any atom is 0.469 e. The van der Waals surface area contributed by atoms with Gasteiger partial charge in [-0.15, -0.1) is 0 Å². The van der Waals surface area contributed by atoms with E-state index in [2.05, 4.69) is 33.9 Å². The van der Waals surface area contributed by atoms with Crippen molar-refractivity contribution in [3.63, 3.8) is 0 Å². The molecule has 0 saturated heterocycles. The van der Waals surface area contributed by atoms with Crippen LogP contribution >= 0.6 is 7.82 Å². The molecule has 7 heteroatoms. The summed E-state index contributed by atoms with van der Waals surface area (Å²) in [5, 5.41) is -0.00592. The highest BCUT2D eigenvalue weighted by molar-refractivity contribution is 7.46. The summed E-state index contributed by atoms with van der Waals surface area (Å²) in [6, 6.07) is 19.9. The Bertz CT molecular complexity index is 773. The largest absolute Gasteiger partial charge is 0.469 e. The molecule has 2 aromatic carbocycles. The fourth-order valence-corrected chi connectivity index (χ4v) is 4.70. The Labute approximate surface area is 181 Å². The molecule has 30 heavy (non-hydrogen) atoms. The lowest BCUT2D eigenvalue weighted by Gasteiger charge is -2.38. The SMILES string of the molecule is CC(C)(C)[Si](C)(C)OCC(OP(=O)(O)O)C(Cc1ccccc1)Cc1ccccc1. The summed E-state index contributed by atoms with van der Waals surface area (Å²) in [6.07, 6.45) is 0.558. The van der Waals surface area contributed by atoms with Crippen LogP contribution in [0.25, 0.3) is 0 Å². The highest BCUT2D eigenvalue weighted by Crippen LogP contribution is 2.42. The van der Waals surface area contributed by atoms with Crippen molar-refractivity contribution >= 4 is 16.1 Å². The molecule has 0 aliphatic carbocycles. The van der Waals surface area contributed by atoms with E-state index in [-0.39, 0.29) is 17.6 Å². The number of rotatable bonds is 10. The van der Waals surface area contributed by atoms with Gasteiger partial charge in [-0.2, -0.15) is 0 Å². The van der Waals surface area contributed by atoms with Crippen molar-refractivity contribution < 1.29 is 23.3 Å². The van der Waals surface area contributed by atoms with Crippen LogP contribution in [0.1, 0.15) is 31.9 Å². The first-order chi connectivity index (χ1) is 13.9. The smallest absolute Gasteiger partial charge is 0.414 e. The van der Waals surface area contributed by atoms with Crippen molar-refractivity contribution in [3.05, 3.63) is 71.8 Å². The Hall–Kier alpha value is -1.27. The average molecular weight is 451 g/mol. The predicted molar refractivity (Wildman–Crippen MR) is 124 cm³/mol. The molecule has 2 N–H and O–H groups in total. The van der Waals surface area contributed by atoms with Crippen LogP contribution in [-0.4, -0.2) is 30.8 Å². The van der Waals surface area contributed by atoms with Crippen LogP contribution in [0, 0.1) is 5.92 Å². The van der Waals surface area contributed by atoms with E-state index in [1.165, 1.54) is 0 Å². The molecule has 1 atom stereocenters. The van der Waals surface area contributed by atoms with Crippen molar-refractivity contribution in [1.82, 2.24) is 0 Å². The van der Waals surface area contributed by atoms with Crippen LogP contribution in [0.15, 0.2) is 60.7 Å². The van der Waals surface area contributed by atoms with Crippen LogP contribution in [0.3, 0.4) is 0 Å². The van der Waals surface area contributed by atoms with Crippen LogP contribution < -0.4 is 0 Å². The summed E-state index contributed by atoms with van der Waals surface area (Å²) < 4.78 is 23.4. The van der Waals surface area contributed by atoms with Crippen LogP contribution in [0.5, 0.6) is 0 Å². The topological polar surface area (TPSA) is 76.0 Å². The molecule has 0 saturated carbocycles. The predicted octanol–water partition coefficient (Wildman–Crippen LogP) is 5.59. The Balaban J connectivity index is 2.31. The Morgan fingerprint density at radius 3 is 1.70 bits per heavy atom. The summed E-state index contributed by atoms with van der Waals surface area (Å²) >= 11 is 0. The molecule has 0 radical (unpaired) electrons. The van der Waals surface area contributed by atoms with Gasteiger partial charge in [-0.25, -0.2) is 4.57 Å². The molecule has 0 aromatic heterocycles. The first-order valence-corrected chi connectivity index (χ1v) is 14.8. The molecule has 166 valence electrons. The minimum Gasteiger partial charge on any atom is -0.414 e. The van der Waals surface area contributed by atoms with Gasteiger partial charge >= 0.3 is 7.82 Å². The fraction of sp³-hybridized carbons (Fsp3) is 0.478. The zero-order chi connectivity index (χ0) is 22.4. The number of phosphoric acid groups is 1. The fourth-order valence-electron chi connectivity index (χ4n) is 3.10. The van der Waals surface area contributed by atoms with E-state index >= 15 is 0 Å². The van der Waals surface area contributed by atoms with Gasteiger partial charge in [0.15, 0.2) is 8.32 Å². The summed E-state index contributed by atoms with van der Waals surface area (Å²) in [5.41, 5.74) is 2.20. The van der Waals surface area contributed by atoms with Crippen LogP contribution in [-0.2, 0) is 26.4 Å². The molecule has 0 amide bonds. The van der Waals surface area contributed by atoms with Gasteiger partial charge in [-0.3, -0.25) is 4.52 Å². The summed E-state index contributed by atoms with van der Waals surface area (Å²) in [6.45, 7) is 10.8. The van der Waals surface area contributed by atoms with Gasteiger partial charge in [0.2, 0.25) is 0 Å². The van der Waals surface area contributed by atoms with E-state index < -0.39 is 22.2 Å². The first kappa shape index (κ1) is 25.0. The van der Waals surface area contributed by atoms with Gasteiger partial charge < -0.3 is 14.2 Å². The van der Waals surface area contributed by atoms with Crippen molar-refractivity contribution in [3.8, 4) is 0 Å². The molecule has 0 aliphatic heterocycles. The van der Waals surface area contributed by atoms with Crippen LogP contribution in [0.2, 0.25) is 18.1 Å². The van der Waals surface area contributed by atoms with E-state index in [1.807, 2.05) is 60.7 Å². The molecule has 0 fully saturated rings. The second kappa shape index (κ2) is 10.4. The molecule has 2 aromatic rings. The lowest BCUT2D eigenvalue weighted by Crippen LogP contribution is -2.44. The normalized spacial score (nSPS) is 14.1. The van der Waals surface area contributed by atoms with Gasteiger partial charge in [0.05, 0.1) is 12.7 Å². The minimum absolute atomic E-state index is 0.00592. The number of hydrogen-bond donors (Lipinski definition) is 2. The molecule has 5 nitrogen and oxygen atoms in total. The van der Waals surface area contributed by atoms with E-state index in [9.17, 15) is 14.4 Å². The number of benzene rings is 2. The molecule has 0 spiro atoms. The minimum atomic E-state index is -4.67. The standard InChI is InChI=1S/C23H35O5PSi/c1-23(2,3)30(4,5)27-18-22(28-29(24,25)26)21(16-19-12-8-6-9-13-19)17-20-14-10-7-11-15-20/h6-15,21-22H,16-18H2,1-5H3,(H2,24,25,26). The zero-order valence-electron chi connectivity index (χ0n) is 18.6. The summed E-state index contributed by atoms with van der Waals surface area (Å²) in [7, 11) is -6.78. The summed E-state index contributed by atoms with van der Waals surface area (Å²) in [4.78, 5) is 19.2. The second-order valence-electron chi connectivity index (χ2n) is 9.35. The summed E-state index contributed by atoms with van der Waals surface area (Å²) in [5.74, 6) is -0.146. The molecule has 2 rings (SSSR count). The molecule has 1 unspecified atom stereocenters. The first-order valence-electron chi connectivity index (χ1n) is 10.3. The lowest BCUT2D eigenvalue weighted by molar-refractivity contribution is 0.0440. The number of hydrogen-bond acceptors (Lipinski definition) is 3. The molecule has 0 aliphatic rings. The van der Waals surface area contributed by atoms with E-state index in [0.29, 0.717) is 12.8 Å². The third-order valence-electron chi connectivity index (χ3n) is 5.89. The number of phosphoric ester groups is 1.